The number of aliphatic hydroxyl groups is 1. The molecule has 152 valence electrons. The van der Waals surface area contributed by atoms with Crippen molar-refractivity contribution < 1.29 is 13.5 Å². The van der Waals surface area contributed by atoms with Crippen LogP contribution in [-0.2, 0) is 16.4 Å². The van der Waals surface area contributed by atoms with Crippen LogP contribution < -0.4 is 4.31 Å². The monoisotopic (exact) mass is 394 g/mol. The summed E-state index contributed by atoms with van der Waals surface area (Å²) >= 11 is 0. The van der Waals surface area contributed by atoms with Crippen LogP contribution in [0.15, 0.2) is 18.2 Å². The maximum Gasteiger partial charge on any atom is 0.232 e. The molecule has 1 unspecified atom stereocenters. The highest BCUT2D eigenvalue weighted by molar-refractivity contribution is 7.92. The second kappa shape index (κ2) is 7.72. The number of sulfonamides is 1. The van der Waals surface area contributed by atoms with Crippen molar-refractivity contribution in [1.29, 1.82) is 0 Å². The SMILES string of the molecule is CC(C)(C)C1CCN(CC(O)c2ccc3c(c2)CCCN3S(C)(=O)=O)CC1. The molecule has 3 rings (SSSR count). The van der Waals surface area contributed by atoms with Gasteiger partial charge in [0.15, 0.2) is 0 Å². The molecular formula is C21H34N2O3S. The third-order valence-electron chi connectivity index (χ3n) is 6.21. The van der Waals surface area contributed by atoms with Gasteiger partial charge in [-0.3, -0.25) is 4.31 Å². The summed E-state index contributed by atoms with van der Waals surface area (Å²) in [6.07, 6.45) is 4.77. The lowest BCUT2D eigenvalue weighted by molar-refractivity contribution is 0.0653. The summed E-state index contributed by atoms with van der Waals surface area (Å²) < 4.78 is 25.5. The van der Waals surface area contributed by atoms with E-state index in [0.717, 1.165) is 48.7 Å². The van der Waals surface area contributed by atoms with Crippen LogP contribution in [0.4, 0.5) is 5.69 Å². The summed E-state index contributed by atoms with van der Waals surface area (Å²) in [6.45, 7) is 10.2. The van der Waals surface area contributed by atoms with E-state index in [2.05, 4.69) is 25.7 Å². The van der Waals surface area contributed by atoms with E-state index < -0.39 is 16.1 Å². The van der Waals surface area contributed by atoms with Gasteiger partial charge in [0.25, 0.3) is 0 Å². The first kappa shape index (κ1) is 20.6. The molecule has 0 saturated carbocycles. The van der Waals surface area contributed by atoms with Gasteiger partial charge in [-0.1, -0.05) is 32.9 Å². The van der Waals surface area contributed by atoms with Gasteiger partial charge in [-0.2, -0.15) is 0 Å². The number of hydrogen-bond acceptors (Lipinski definition) is 4. The molecule has 1 fully saturated rings. The standard InChI is InChI=1S/C21H34N2O3S/c1-21(2,3)18-9-12-22(13-10-18)15-20(24)17-7-8-19-16(14-17)6-5-11-23(19)27(4,25)26/h7-8,14,18,20,24H,5-6,9-13,15H2,1-4H3. The molecule has 2 aliphatic rings. The lowest BCUT2D eigenvalue weighted by Gasteiger charge is -2.39. The number of aliphatic hydroxyl groups excluding tert-OH is 1. The Morgan fingerprint density at radius 2 is 1.85 bits per heavy atom. The van der Waals surface area contributed by atoms with Gasteiger partial charge in [0.2, 0.25) is 10.0 Å². The smallest absolute Gasteiger partial charge is 0.232 e. The Kier molecular flexibility index (Phi) is 5.90. The van der Waals surface area contributed by atoms with Crippen LogP contribution in [-0.4, -0.2) is 50.9 Å². The van der Waals surface area contributed by atoms with Crippen molar-refractivity contribution in [2.24, 2.45) is 11.3 Å². The van der Waals surface area contributed by atoms with E-state index in [0.29, 0.717) is 18.5 Å². The third kappa shape index (κ3) is 4.84. The molecule has 1 atom stereocenters. The van der Waals surface area contributed by atoms with Crippen molar-refractivity contribution in [2.75, 3.05) is 36.7 Å². The molecule has 0 spiro atoms. The van der Waals surface area contributed by atoms with Gasteiger partial charge < -0.3 is 10.0 Å². The molecule has 0 bridgehead atoms. The predicted octanol–water partition coefficient (Wildman–Crippen LogP) is 3.19. The first-order chi connectivity index (χ1) is 12.6. The number of piperidine rings is 1. The Hall–Kier alpha value is -1.11. The van der Waals surface area contributed by atoms with E-state index in [1.54, 1.807) is 0 Å². The molecule has 1 N–H and O–H groups in total. The molecule has 6 heteroatoms. The normalized spacial score (nSPS) is 21.1. The molecule has 5 nitrogen and oxygen atoms in total. The molecule has 1 aromatic rings. The Labute approximate surface area is 164 Å². The zero-order valence-corrected chi connectivity index (χ0v) is 17.9. The second-order valence-corrected chi connectivity index (χ2v) is 11.2. The van der Waals surface area contributed by atoms with Crippen LogP contribution in [0.2, 0.25) is 0 Å². The number of anilines is 1. The minimum atomic E-state index is -3.25. The van der Waals surface area contributed by atoms with Crippen molar-refractivity contribution in [3.63, 3.8) is 0 Å². The first-order valence-corrected chi connectivity index (χ1v) is 11.9. The van der Waals surface area contributed by atoms with E-state index in [4.69, 9.17) is 0 Å². The van der Waals surface area contributed by atoms with Crippen molar-refractivity contribution in [3.8, 4) is 0 Å². The van der Waals surface area contributed by atoms with Gasteiger partial charge in [-0.15, -0.1) is 0 Å². The van der Waals surface area contributed by atoms with E-state index in [1.165, 1.54) is 23.4 Å². The zero-order chi connectivity index (χ0) is 19.8. The van der Waals surface area contributed by atoms with Gasteiger partial charge in [-0.05, 0) is 67.3 Å². The maximum atomic E-state index is 12.0. The van der Waals surface area contributed by atoms with Gasteiger partial charge in [-0.25, -0.2) is 8.42 Å². The molecule has 2 heterocycles. The summed E-state index contributed by atoms with van der Waals surface area (Å²) in [5.41, 5.74) is 3.04. The number of aryl methyl sites for hydroxylation is 1. The lowest BCUT2D eigenvalue weighted by atomic mass is 9.75. The Balaban J connectivity index is 1.66. The molecule has 0 amide bonds. The summed E-state index contributed by atoms with van der Waals surface area (Å²) in [7, 11) is -3.25. The first-order valence-electron chi connectivity index (χ1n) is 10.1. The van der Waals surface area contributed by atoms with Crippen molar-refractivity contribution >= 4 is 15.7 Å². The molecule has 0 aliphatic carbocycles. The van der Waals surface area contributed by atoms with E-state index in [9.17, 15) is 13.5 Å². The topological polar surface area (TPSA) is 60.9 Å². The summed E-state index contributed by atoms with van der Waals surface area (Å²) in [4.78, 5) is 2.36. The second-order valence-electron chi connectivity index (χ2n) is 9.28. The molecule has 0 aromatic heterocycles. The number of hydrogen-bond donors (Lipinski definition) is 1. The third-order valence-corrected chi connectivity index (χ3v) is 7.39. The van der Waals surface area contributed by atoms with Crippen molar-refractivity contribution in [1.82, 2.24) is 4.90 Å². The van der Waals surface area contributed by atoms with Gasteiger partial charge in [0.05, 0.1) is 18.0 Å². The highest BCUT2D eigenvalue weighted by atomic mass is 32.2. The molecule has 27 heavy (non-hydrogen) atoms. The zero-order valence-electron chi connectivity index (χ0n) is 17.1. The quantitative estimate of drug-likeness (QED) is 0.852. The largest absolute Gasteiger partial charge is 0.387 e. The van der Waals surface area contributed by atoms with Crippen molar-refractivity contribution in [3.05, 3.63) is 29.3 Å². The van der Waals surface area contributed by atoms with Crippen LogP contribution in [0.1, 0.15) is 57.3 Å². The highest BCUT2D eigenvalue weighted by Crippen LogP contribution is 2.35. The number of fused-ring (bicyclic) bond motifs is 1. The fourth-order valence-electron chi connectivity index (χ4n) is 4.47. The minimum absolute atomic E-state index is 0.356. The van der Waals surface area contributed by atoms with Crippen LogP contribution in [0.25, 0.3) is 0 Å². The fourth-order valence-corrected chi connectivity index (χ4v) is 5.46. The van der Waals surface area contributed by atoms with Gasteiger partial charge >= 0.3 is 0 Å². The van der Waals surface area contributed by atoms with Crippen LogP contribution in [0, 0.1) is 11.3 Å². The average molecular weight is 395 g/mol. The van der Waals surface area contributed by atoms with E-state index in [-0.39, 0.29) is 0 Å². The summed E-state index contributed by atoms with van der Waals surface area (Å²) in [5.74, 6) is 0.747. The van der Waals surface area contributed by atoms with Crippen molar-refractivity contribution in [2.45, 2.75) is 52.6 Å². The number of benzene rings is 1. The maximum absolute atomic E-state index is 12.0. The fraction of sp³-hybridized carbons (Fsp3) is 0.714. The van der Waals surface area contributed by atoms with Gasteiger partial charge in [0, 0.05) is 13.1 Å². The Morgan fingerprint density at radius 1 is 1.19 bits per heavy atom. The minimum Gasteiger partial charge on any atom is -0.387 e. The Morgan fingerprint density at radius 3 is 2.44 bits per heavy atom. The number of nitrogens with zero attached hydrogens (tertiary/aromatic N) is 2. The summed E-state index contributed by atoms with van der Waals surface area (Å²) in [5, 5.41) is 10.8. The molecule has 2 aliphatic heterocycles. The van der Waals surface area contributed by atoms with Crippen LogP contribution in [0.3, 0.4) is 0 Å². The van der Waals surface area contributed by atoms with E-state index >= 15 is 0 Å². The molecule has 1 saturated heterocycles. The average Bonchev–Trinajstić information content (AvgIpc) is 2.59. The Bertz CT molecular complexity index is 762. The number of rotatable bonds is 4. The predicted molar refractivity (Wildman–Crippen MR) is 111 cm³/mol. The molecule has 1 aromatic carbocycles. The van der Waals surface area contributed by atoms with Crippen LogP contribution in [0.5, 0.6) is 0 Å². The molecular weight excluding hydrogens is 360 g/mol. The lowest BCUT2D eigenvalue weighted by Crippen LogP contribution is -2.40. The van der Waals surface area contributed by atoms with E-state index in [1.807, 2.05) is 18.2 Å². The summed E-state index contributed by atoms with van der Waals surface area (Å²) in [6, 6.07) is 5.74. The number of β-amino-alcohol motifs (C(OH)–C–C–N with tert-alkyl or cyclic N) is 1. The van der Waals surface area contributed by atoms with Gasteiger partial charge in [0.1, 0.15) is 0 Å². The molecule has 0 radical (unpaired) electrons. The number of likely N-dealkylation sites (tertiary alicyclic amines) is 1. The highest BCUT2D eigenvalue weighted by Gasteiger charge is 2.30. The van der Waals surface area contributed by atoms with Crippen LogP contribution >= 0.6 is 0 Å².